The number of rotatable bonds is 6. The smallest absolute Gasteiger partial charge is 0.277 e. The van der Waals surface area contributed by atoms with Gasteiger partial charge in [0, 0.05) is 17.8 Å². The second-order valence-electron chi connectivity index (χ2n) is 6.70. The summed E-state index contributed by atoms with van der Waals surface area (Å²) in [4.78, 5) is 23.9. The van der Waals surface area contributed by atoms with Crippen LogP contribution < -0.4 is 10.2 Å². The van der Waals surface area contributed by atoms with Crippen molar-refractivity contribution >= 4 is 17.4 Å². The second-order valence-corrected chi connectivity index (χ2v) is 6.70. The normalized spacial score (nSPS) is 10.7. The third kappa shape index (κ3) is 4.91. The summed E-state index contributed by atoms with van der Waals surface area (Å²) in [6, 6.07) is 21.5. The molecular formula is C22H24N4O. The van der Waals surface area contributed by atoms with E-state index in [1.54, 1.807) is 17.9 Å². The van der Waals surface area contributed by atoms with Crippen molar-refractivity contribution < 1.29 is 4.79 Å². The van der Waals surface area contributed by atoms with Gasteiger partial charge in [-0.25, -0.2) is 9.97 Å². The molecule has 0 aliphatic rings. The van der Waals surface area contributed by atoms with Crippen LogP contribution in [0.25, 0.3) is 0 Å². The predicted molar refractivity (Wildman–Crippen MR) is 109 cm³/mol. The zero-order valence-corrected chi connectivity index (χ0v) is 15.9. The highest BCUT2D eigenvalue weighted by Crippen LogP contribution is 2.20. The Morgan fingerprint density at radius 2 is 1.63 bits per heavy atom. The molecule has 0 aliphatic heterocycles. The molecule has 0 saturated heterocycles. The zero-order valence-electron chi connectivity index (χ0n) is 15.9. The maximum Gasteiger partial charge on any atom is 0.277 e. The molecular weight excluding hydrogens is 336 g/mol. The molecule has 138 valence electrons. The number of nitrogens with zero attached hydrogens (tertiary/aromatic N) is 3. The van der Waals surface area contributed by atoms with E-state index in [2.05, 4.69) is 15.3 Å². The van der Waals surface area contributed by atoms with Crippen molar-refractivity contribution in [1.82, 2.24) is 9.97 Å². The predicted octanol–water partition coefficient (Wildman–Crippen LogP) is 4.45. The van der Waals surface area contributed by atoms with Crippen molar-refractivity contribution in [2.45, 2.75) is 33.4 Å². The molecule has 0 fully saturated rings. The fourth-order valence-electron chi connectivity index (χ4n) is 2.84. The molecule has 1 amide bonds. The maximum atomic E-state index is 13.3. The Balaban J connectivity index is 1.97. The van der Waals surface area contributed by atoms with Crippen molar-refractivity contribution in [3.05, 3.63) is 83.8 Å². The molecule has 0 bridgehead atoms. The molecule has 3 aromatic rings. The molecule has 2 aromatic carbocycles. The first-order valence-electron chi connectivity index (χ1n) is 9.06. The van der Waals surface area contributed by atoms with E-state index < -0.39 is 0 Å². The minimum Gasteiger partial charge on any atom is -0.368 e. The van der Waals surface area contributed by atoms with Gasteiger partial charge in [0.25, 0.3) is 5.91 Å². The molecule has 3 rings (SSSR count). The van der Waals surface area contributed by atoms with Crippen LogP contribution in [0.1, 0.15) is 35.7 Å². The van der Waals surface area contributed by atoms with Crippen LogP contribution >= 0.6 is 0 Å². The Bertz CT molecular complexity index is 895. The number of carbonyl (C=O) groups is 1. The van der Waals surface area contributed by atoms with Gasteiger partial charge in [-0.3, -0.25) is 4.79 Å². The van der Waals surface area contributed by atoms with Crippen LogP contribution in [0.4, 0.5) is 11.5 Å². The molecule has 0 aliphatic carbocycles. The average Bonchev–Trinajstić information content (AvgIpc) is 2.66. The standard InChI is InChI=1S/C22H24N4O/c1-16(2)23-21-14-20(24-17(3)25-21)22(27)26(19-12-8-5-9-13-19)15-18-10-6-4-7-11-18/h4-14,16H,15H2,1-3H3,(H,23,24,25). The Hall–Kier alpha value is -3.21. The van der Waals surface area contributed by atoms with Crippen molar-refractivity contribution in [3.8, 4) is 0 Å². The monoisotopic (exact) mass is 360 g/mol. The van der Waals surface area contributed by atoms with E-state index in [0.29, 0.717) is 23.9 Å². The number of amides is 1. The quantitative estimate of drug-likeness (QED) is 0.705. The van der Waals surface area contributed by atoms with Gasteiger partial charge in [-0.2, -0.15) is 0 Å². The fraction of sp³-hybridized carbons (Fsp3) is 0.227. The molecule has 1 heterocycles. The van der Waals surface area contributed by atoms with Crippen LogP contribution in [0, 0.1) is 6.92 Å². The van der Waals surface area contributed by atoms with Gasteiger partial charge in [-0.1, -0.05) is 48.5 Å². The van der Waals surface area contributed by atoms with Gasteiger partial charge in [0.1, 0.15) is 17.3 Å². The van der Waals surface area contributed by atoms with Crippen molar-refractivity contribution in [1.29, 1.82) is 0 Å². The van der Waals surface area contributed by atoms with Gasteiger partial charge < -0.3 is 10.2 Å². The molecule has 1 N–H and O–H groups in total. The van der Waals surface area contributed by atoms with Crippen LogP contribution in [0.2, 0.25) is 0 Å². The number of aromatic nitrogens is 2. The average molecular weight is 360 g/mol. The van der Waals surface area contributed by atoms with E-state index in [9.17, 15) is 4.79 Å². The van der Waals surface area contributed by atoms with Crippen LogP contribution in [0.15, 0.2) is 66.7 Å². The summed E-state index contributed by atoms with van der Waals surface area (Å²) in [6.07, 6.45) is 0. The molecule has 0 radical (unpaired) electrons. The van der Waals surface area contributed by atoms with Gasteiger partial charge in [0.05, 0.1) is 6.54 Å². The SMILES string of the molecule is Cc1nc(NC(C)C)cc(C(=O)N(Cc2ccccc2)c2ccccc2)n1. The van der Waals surface area contributed by atoms with Gasteiger partial charge >= 0.3 is 0 Å². The largest absolute Gasteiger partial charge is 0.368 e. The van der Waals surface area contributed by atoms with E-state index >= 15 is 0 Å². The molecule has 5 nitrogen and oxygen atoms in total. The summed E-state index contributed by atoms with van der Waals surface area (Å²) in [6.45, 7) is 6.33. The number of aryl methyl sites for hydroxylation is 1. The summed E-state index contributed by atoms with van der Waals surface area (Å²) < 4.78 is 0. The highest BCUT2D eigenvalue weighted by atomic mass is 16.2. The fourth-order valence-corrected chi connectivity index (χ4v) is 2.84. The zero-order chi connectivity index (χ0) is 19.2. The molecule has 0 spiro atoms. The Morgan fingerprint density at radius 3 is 2.26 bits per heavy atom. The van der Waals surface area contributed by atoms with E-state index in [-0.39, 0.29) is 11.9 Å². The van der Waals surface area contributed by atoms with E-state index in [1.807, 2.05) is 74.5 Å². The van der Waals surface area contributed by atoms with Crippen molar-refractivity contribution in [2.75, 3.05) is 10.2 Å². The Labute approximate surface area is 160 Å². The number of benzene rings is 2. The second kappa shape index (κ2) is 8.45. The lowest BCUT2D eigenvalue weighted by Gasteiger charge is -2.23. The minimum absolute atomic E-state index is 0.151. The van der Waals surface area contributed by atoms with E-state index in [0.717, 1.165) is 11.3 Å². The first-order chi connectivity index (χ1) is 13.0. The number of hydrogen-bond acceptors (Lipinski definition) is 4. The third-order valence-electron chi connectivity index (χ3n) is 3.99. The highest BCUT2D eigenvalue weighted by Gasteiger charge is 2.20. The number of nitrogens with one attached hydrogen (secondary N) is 1. The Kier molecular flexibility index (Phi) is 5.81. The summed E-state index contributed by atoms with van der Waals surface area (Å²) in [5, 5.41) is 3.25. The Morgan fingerprint density at radius 1 is 1.00 bits per heavy atom. The van der Waals surface area contributed by atoms with E-state index in [4.69, 9.17) is 0 Å². The minimum atomic E-state index is -0.151. The van der Waals surface area contributed by atoms with Crippen LogP contribution in [0.5, 0.6) is 0 Å². The van der Waals surface area contributed by atoms with Crippen LogP contribution in [0.3, 0.4) is 0 Å². The number of anilines is 2. The summed E-state index contributed by atoms with van der Waals surface area (Å²) in [7, 11) is 0. The maximum absolute atomic E-state index is 13.3. The summed E-state index contributed by atoms with van der Waals surface area (Å²) in [5.41, 5.74) is 2.27. The van der Waals surface area contributed by atoms with Crippen molar-refractivity contribution in [2.24, 2.45) is 0 Å². The lowest BCUT2D eigenvalue weighted by Crippen LogP contribution is -2.31. The van der Waals surface area contributed by atoms with Crippen molar-refractivity contribution in [3.63, 3.8) is 0 Å². The summed E-state index contributed by atoms with van der Waals surface area (Å²) >= 11 is 0. The highest BCUT2D eigenvalue weighted by molar-refractivity contribution is 6.05. The third-order valence-corrected chi connectivity index (χ3v) is 3.99. The molecule has 1 aromatic heterocycles. The number of hydrogen-bond donors (Lipinski definition) is 1. The van der Waals surface area contributed by atoms with Gasteiger partial charge in [-0.05, 0) is 38.5 Å². The molecule has 5 heteroatoms. The lowest BCUT2D eigenvalue weighted by molar-refractivity contribution is 0.0980. The number of para-hydroxylation sites is 1. The molecule has 0 saturated carbocycles. The van der Waals surface area contributed by atoms with Gasteiger partial charge in [-0.15, -0.1) is 0 Å². The summed E-state index contributed by atoms with van der Waals surface area (Å²) in [5.74, 6) is 1.08. The topological polar surface area (TPSA) is 58.1 Å². The number of carbonyl (C=O) groups excluding carboxylic acids is 1. The van der Waals surface area contributed by atoms with E-state index in [1.165, 1.54) is 0 Å². The first-order valence-corrected chi connectivity index (χ1v) is 9.06. The van der Waals surface area contributed by atoms with Crippen LogP contribution in [-0.2, 0) is 6.54 Å². The lowest BCUT2D eigenvalue weighted by atomic mass is 10.1. The van der Waals surface area contributed by atoms with Crippen LogP contribution in [-0.4, -0.2) is 21.9 Å². The first kappa shape index (κ1) is 18.6. The molecule has 0 atom stereocenters. The molecule has 0 unspecified atom stereocenters. The molecule has 27 heavy (non-hydrogen) atoms. The van der Waals surface area contributed by atoms with Gasteiger partial charge in [0.2, 0.25) is 0 Å². The van der Waals surface area contributed by atoms with Gasteiger partial charge in [0.15, 0.2) is 0 Å².